The second kappa shape index (κ2) is 6.15. The maximum Gasteiger partial charge on any atom is 0.255 e. The summed E-state index contributed by atoms with van der Waals surface area (Å²) in [6.45, 7) is 2.31. The first-order valence-electron chi connectivity index (χ1n) is 8.70. The van der Waals surface area contributed by atoms with Crippen molar-refractivity contribution in [2.24, 2.45) is 5.92 Å². The quantitative estimate of drug-likeness (QED) is 0.769. The Hall–Kier alpha value is -2.41. The van der Waals surface area contributed by atoms with Crippen LogP contribution in [0.4, 0.5) is 5.69 Å². The lowest BCUT2D eigenvalue weighted by atomic mass is 10.0. The average Bonchev–Trinajstić information content (AvgIpc) is 3.20. The van der Waals surface area contributed by atoms with Crippen LogP contribution in [0.2, 0.25) is 0 Å². The van der Waals surface area contributed by atoms with Crippen molar-refractivity contribution in [3.63, 3.8) is 0 Å². The number of nitrogens with zero attached hydrogens (tertiary/aromatic N) is 2. The third kappa shape index (κ3) is 2.78. The van der Waals surface area contributed by atoms with Crippen LogP contribution in [0.5, 0.6) is 0 Å². The number of aliphatic hydroxyl groups excluding tert-OH is 1. The van der Waals surface area contributed by atoms with Gasteiger partial charge in [0.25, 0.3) is 5.91 Å². The molecule has 132 valence electrons. The molecule has 3 amide bonds. The van der Waals surface area contributed by atoms with Gasteiger partial charge in [-0.1, -0.05) is 0 Å². The number of rotatable bonds is 3. The Kier molecular flexibility index (Phi) is 3.95. The molecule has 2 saturated heterocycles. The SMILES string of the molecule is O=C1CC[C@@H](N2Cc3cc(N4CC[C@H](CO)C4)ccc3C2=O)C(=O)N1. The molecule has 0 bridgehead atoms. The number of carbonyl (C=O) groups excluding carboxylic acids is 3. The van der Waals surface area contributed by atoms with E-state index >= 15 is 0 Å². The monoisotopic (exact) mass is 343 g/mol. The van der Waals surface area contributed by atoms with E-state index in [4.69, 9.17) is 0 Å². The molecule has 1 aromatic rings. The normalized spacial score (nSPS) is 26.2. The van der Waals surface area contributed by atoms with E-state index in [1.807, 2.05) is 18.2 Å². The first-order chi connectivity index (χ1) is 12.1. The first kappa shape index (κ1) is 16.1. The van der Waals surface area contributed by atoms with Crippen molar-refractivity contribution >= 4 is 23.4 Å². The molecular formula is C18H21N3O4. The van der Waals surface area contributed by atoms with E-state index < -0.39 is 6.04 Å². The fourth-order valence-corrected chi connectivity index (χ4v) is 3.97. The van der Waals surface area contributed by atoms with E-state index in [-0.39, 0.29) is 30.7 Å². The highest BCUT2D eigenvalue weighted by Crippen LogP contribution is 2.32. The summed E-state index contributed by atoms with van der Waals surface area (Å²) < 4.78 is 0. The van der Waals surface area contributed by atoms with Gasteiger partial charge in [0.1, 0.15) is 6.04 Å². The molecule has 3 heterocycles. The Morgan fingerprint density at radius 2 is 2.04 bits per heavy atom. The summed E-state index contributed by atoms with van der Waals surface area (Å²) in [6.07, 6.45) is 1.61. The number of hydrogen-bond acceptors (Lipinski definition) is 5. The summed E-state index contributed by atoms with van der Waals surface area (Å²) in [6, 6.07) is 5.20. The van der Waals surface area contributed by atoms with Crippen molar-refractivity contribution in [3.8, 4) is 0 Å². The van der Waals surface area contributed by atoms with Gasteiger partial charge >= 0.3 is 0 Å². The van der Waals surface area contributed by atoms with Crippen LogP contribution in [0.15, 0.2) is 18.2 Å². The van der Waals surface area contributed by atoms with Gasteiger partial charge in [0.2, 0.25) is 11.8 Å². The smallest absolute Gasteiger partial charge is 0.255 e. The van der Waals surface area contributed by atoms with Gasteiger partial charge in [-0.05, 0) is 36.6 Å². The molecule has 2 fully saturated rings. The molecule has 1 aromatic carbocycles. The van der Waals surface area contributed by atoms with Crippen molar-refractivity contribution in [1.29, 1.82) is 0 Å². The summed E-state index contributed by atoms with van der Waals surface area (Å²) in [5.74, 6) is -0.510. The fourth-order valence-electron chi connectivity index (χ4n) is 3.97. The predicted molar refractivity (Wildman–Crippen MR) is 89.9 cm³/mol. The Labute approximate surface area is 145 Å². The molecule has 3 aliphatic heterocycles. The largest absolute Gasteiger partial charge is 0.396 e. The topological polar surface area (TPSA) is 90.0 Å². The van der Waals surface area contributed by atoms with Gasteiger partial charge in [-0.15, -0.1) is 0 Å². The zero-order valence-electron chi connectivity index (χ0n) is 13.9. The van der Waals surface area contributed by atoms with Gasteiger partial charge in [-0.25, -0.2) is 0 Å². The molecule has 0 saturated carbocycles. The molecule has 2 atom stereocenters. The highest BCUT2D eigenvalue weighted by atomic mass is 16.3. The van der Waals surface area contributed by atoms with E-state index in [9.17, 15) is 19.5 Å². The van der Waals surface area contributed by atoms with Crippen LogP contribution in [0.1, 0.15) is 35.2 Å². The highest BCUT2D eigenvalue weighted by molar-refractivity contribution is 6.05. The number of fused-ring (bicyclic) bond motifs is 1. The molecule has 0 aromatic heterocycles. The van der Waals surface area contributed by atoms with Crippen LogP contribution < -0.4 is 10.2 Å². The molecule has 0 radical (unpaired) electrons. The average molecular weight is 343 g/mol. The summed E-state index contributed by atoms with van der Waals surface area (Å²) in [5, 5.41) is 11.6. The van der Waals surface area contributed by atoms with Gasteiger partial charge < -0.3 is 14.9 Å². The molecule has 0 aliphatic carbocycles. The fraction of sp³-hybridized carbons (Fsp3) is 0.500. The van der Waals surface area contributed by atoms with Crippen LogP contribution >= 0.6 is 0 Å². The van der Waals surface area contributed by atoms with Crippen LogP contribution in [-0.2, 0) is 16.1 Å². The van der Waals surface area contributed by atoms with E-state index in [1.165, 1.54) is 0 Å². The predicted octanol–water partition coefficient (Wildman–Crippen LogP) is 0.266. The molecule has 7 heteroatoms. The lowest BCUT2D eigenvalue weighted by molar-refractivity contribution is -0.136. The molecule has 0 spiro atoms. The third-order valence-corrected chi connectivity index (χ3v) is 5.42. The Morgan fingerprint density at radius 3 is 2.76 bits per heavy atom. The molecule has 2 N–H and O–H groups in total. The van der Waals surface area contributed by atoms with Crippen LogP contribution in [0.3, 0.4) is 0 Å². The van der Waals surface area contributed by atoms with Crippen LogP contribution in [0.25, 0.3) is 0 Å². The number of anilines is 1. The molecule has 7 nitrogen and oxygen atoms in total. The minimum atomic E-state index is -0.577. The lowest BCUT2D eigenvalue weighted by Gasteiger charge is -2.29. The second-order valence-corrected chi connectivity index (χ2v) is 7.02. The number of piperidine rings is 1. The van der Waals surface area contributed by atoms with Gasteiger partial charge in [-0.2, -0.15) is 0 Å². The third-order valence-electron chi connectivity index (χ3n) is 5.42. The van der Waals surface area contributed by atoms with Crippen molar-refractivity contribution < 1.29 is 19.5 Å². The molecule has 3 aliphatic rings. The Morgan fingerprint density at radius 1 is 1.20 bits per heavy atom. The maximum atomic E-state index is 12.7. The van der Waals surface area contributed by atoms with E-state index in [2.05, 4.69) is 10.2 Å². The van der Waals surface area contributed by atoms with Gasteiger partial charge in [-0.3, -0.25) is 19.7 Å². The first-order valence-corrected chi connectivity index (χ1v) is 8.70. The number of benzene rings is 1. The molecule has 4 rings (SSSR count). The molecule has 0 unspecified atom stereocenters. The minimum absolute atomic E-state index is 0.147. The summed E-state index contributed by atoms with van der Waals surface area (Å²) in [7, 11) is 0. The van der Waals surface area contributed by atoms with Crippen LogP contribution in [-0.4, -0.2) is 53.5 Å². The number of hydrogen-bond donors (Lipinski definition) is 2. The van der Waals surface area contributed by atoms with E-state index in [0.717, 1.165) is 30.8 Å². The van der Waals surface area contributed by atoms with Gasteiger partial charge in [0.15, 0.2) is 0 Å². The van der Waals surface area contributed by atoms with Crippen molar-refractivity contribution in [2.75, 3.05) is 24.6 Å². The standard InChI is InChI=1S/C18H21N3O4/c22-10-11-5-6-20(8-11)13-1-2-14-12(7-13)9-21(18(14)25)15-3-4-16(23)19-17(15)24/h1-2,7,11,15,22H,3-6,8-10H2,(H,19,23,24)/t11-,15+/m0/s1. The maximum absolute atomic E-state index is 12.7. The molecule has 25 heavy (non-hydrogen) atoms. The highest BCUT2D eigenvalue weighted by Gasteiger charge is 2.39. The lowest BCUT2D eigenvalue weighted by Crippen LogP contribution is -2.52. The Balaban J connectivity index is 1.53. The van der Waals surface area contributed by atoms with Crippen molar-refractivity contribution in [2.45, 2.75) is 31.8 Å². The second-order valence-electron chi connectivity index (χ2n) is 7.02. The summed E-state index contributed by atoms with van der Waals surface area (Å²) >= 11 is 0. The number of amides is 3. The number of imide groups is 1. The number of nitrogens with one attached hydrogen (secondary N) is 1. The summed E-state index contributed by atoms with van der Waals surface area (Å²) in [4.78, 5) is 39.9. The zero-order chi connectivity index (χ0) is 17.6. The molecular weight excluding hydrogens is 322 g/mol. The van der Waals surface area contributed by atoms with Crippen molar-refractivity contribution in [3.05, 3.63) is 29.3 Å². The van der Waals surface area contributed by atoms with E-state index in [1.54, 1.807) is 4.90 Å². The number of carbonyl (C=O) groups is 3. The summed E-state index contributed by atoms with van der Waals surface area (Å²) in [5.41, 5.74) is 2.60. The number of aliphatic hydroxyl groups is 1. The van der Waals surface area contributed by atoms with Crippen LogP contribution in [0, 0.1) is 5.92 Å². The van der Waals surface area contributed by atoms with Gasteiger partial charge in [0.05, 0.1) is 0 Å². The minimum Gasteiger partial charge on any atom is -0.396 e. The Bertz CT molecular complexity index is 748. The van der Waals surface area contributed by atoms with Crippen molar-refractivity contribution in [1.82, 2.24) is 10.2 Å². The van der Waals surface area contributed by atoms with E-state index in [0.29, 0.717) is 24.4 Å². The zero-order valence-corrected chi connectivity index (χ0v) is 13.9. The van der Waals surface area contributed by atoms with Gasteiger partial charge in [0, 0.05) is 49.8 Å².